The first-order chi connectivity index (χ1) is 8.56. The van der Waals surface area contributed by atoms with E-state index in [0.717, 1.165) is 6.42 Å². The minimum absolute atomic E-state index is 0.278. The van der Waals surface area contributed by atoms with Crippen molar-refractivity contribution in [1.82, 2.24) is 0 Å². The minimum atomic E-state index is -0.666. The number of hydrogen-bond donors (Lipinski definition) is 0. The van der Waals surface area contributed by atoms with Gasteiger partial charge in [0.2, 0.25) is 0 Å². The summed E-state index contributed by atoms with van der Waals surface area (Å²) in [6, 6.07) is 6.74. The van der Waals surface area contributed by atoms with E-state index in [1.165, 1.54) is 0 Å². The summed E-state index contributed by atoms with van der Waals surface area (Å²) in [7, 11) is 0. The molecule has 98 valence electrons. The third-order valence-electron chi connectivity index (χ3n) is 2.23. The Kier molecular flexibility index (Phi) is 5.36. The van der Waals surface area contributed by atoms with Crippen LogP contribution in [0.5, 0.6) is 5.75 Å². The SMILES string of the molecule is CCCOc1ccccc1C(=O)OC(=O)C(C)C. The normalized spacial score (nSPS) is 10.2. The summed E-state index contributed by atoms with van der Waals surface area (Å²) in [6.45, 7) is 5.84. The molecule has 4 nitrogen and oxygen atoms in total. The van der Waals surface area contributed by atoms with Gasteiger partial charge in [-0.15, -0.1) is 0 Å². The molecule has 0 fully saturated rings. The predicted octanol–water partition coefficient (Wildman–Crippen LogP) is 2.81. The number of carbonyl (C=O) groups is 2. The van der Waals surface area contributed by atoms with E-state index in [0.29, 0.717) is 12.4 Å². The molecule has 0 aliphatic heterocycles. The largest absolute Gasteiger partial charge is 0.493 e. The van der Waals surface area contributed by atoms with Gasteiger partial charge >= 0.3 is 11.9 Å². The van der Waals surface area contributed by atoms with Crippen LogP contribution in [0.3, 0.4) is 0 Å². The van der Waals surface area contributed by atoms with E-state index in [9.17, 15) is 9.59 Å². The monoisotopic (exact) mass is 250 g/mol. The zero-order valence-electron chi connectivity index (χ0n) is 10.9. The highest BCUT2D eigenvalue weighted by atomic mass is 16.6. The molecule has 0 spiro atoms. The van der Waals surface area contributed by atoms with Crippen molar-refractivity contribution in [3.05, 3.63) is 29.8 Å². The maximum absolute atomic E-state index is 11.8. The second kappa shape index (κ2) is 6.79. The van der Waals surface area contributed by atoms with Crippen molar-refractivity contribution in [3.8, 4) is 5.75 Å². The van der Waals surface area contributed by atoms with Gasteiger partial charge < -0.3 is 9.47 Å². The van der Waals surface area contributed by atoms with Crippen molar-refractivity contribution in [1.29, 1.82) is 0 Å². The molecule has 0 bridgehead atoms. The van der Waals surface area contributed by atoms with E-state index in [4.69, 9.17) is 9.47 Å². The Bertz CT molecular complexity index is 424. The van der Waals surface area contributed by atoms with Crippen molar-refractivity contribution in [2.24, 2.45) is 5.92 Å². The van der Waals surface area contributed by atoms with Gasteiger partial charge in [0.25, 0.3) is 0 Å². The van der Waals surface area contributed by atoms with Crippen molar-refractivity contribution in [3.63, 3.8) is 0 Å². The van der Waals surface area contributed by atoms with Crippen LogP contribution >= 0.6 is 0 Å². The summed E-state index contributed by atoms with van der Waals surface area (Å²) in [5.41, 5.74) is 0.278. The molecule has 0 aliphatic carbocycles. The van der Waals surface area contributed by atoms with Gasteiger partial charge in [-0.25, -0.2) is 4.79 Å². The van der Waals surface area contributed by atoms with E-state index < -0.39 is 11.9 Å². The molecule has 0 saturated carbocycles. The zero-order chi connectivity index (χ0) is 13.5. The molecule has 0 radical (unpaired) electrons. The minimum Gasteiger partial charge on any atom is -0.493 e. The first-order valence-electron chi connectivity index (χ1n) is 6.04. The summed E-state index contributed by atoms with van der Waals surface area (Å²) in [6.07, 6.45) is 0.842. The fourth-order valence-corrected chi connectivity index (χ4v) is 1.24. The quantitative estimate of drug-likeness (QED) is 0.595. The number of rotatable bonds is 5. The first kappa shape index (κ1) is 14.2. The highest BCUT2D eigenvalue weighted by Gasteiger charge is 2.19. The smallest absolute Gasteiger partial charge is 0.349 e. The van der Waals surface area contributed by atoms with Crippen molar-refractivity contribution >= 4 is 11.9 Å². The second-order valence-electron chi connectivity index (χ2n) is 4.21. The molecular weight excluding hydrogens is 232 g/mol. The Morgan fingerprint density at radius 3 is 2.50 bits per heavy atom. The standard InChI is InChI=1S/C14H18O4/c1-4-9-17-12-8-6-5-7-11(12)14(16)18-13(15)10(2)3/h5-8,10H,4,9H2,1-3H3. The van der Waals surface area contributed by atoms with E-state index in [1.54, 1.807) is 38.1 Å². The number of carbonyl (C=O) groups excluding carboxylic acids is 2. The van der Waals surface area contributed by atoms with Crippen LogP contribution in [-0.4, -0.2) is 18.5 Å². The summed E-state index contributed by atoms with van der Waals surface area (Å²) in [5, 5.41) is 0. The Hall–Kier alpha value is -1.84. The molecule has 4 heteroatoms. The van der Waals surface area contributed by atoms with Crippen molar-refractivity contribution < 1.29 is 19.1 Å². The molecule has 18 heavy (non-hydrogen) atoms. The number of hydrogen-bond acceptors (Lipinski definition) is 4. The number of esters is 2. The molecule has 1 aromatic carbocycles. The van der Waals surface area contributed by atoms with Crippen LogP contribution in [0.4, 0.5) is 0 Å². The molecule has 0 atom stereocenters. The zero-order valence-corrected chi connectivity index (χ0v) is 10.9. The fraction of sp³-hybridized carbons (Fsp3) is 0.429. The number of para-hydroxylation sites is 1. The Morgan fingerprint density at radius 2 is 1.89 bits per heavy atom. The highest BCUT2D eigenvalue weighted by molar-refractivity contribution is 5.99. The Morgan fingerprint density at radius 1 is 1.22 bits per heavy atom. The topological polar surface area (TPSA) is 52.6 Å². The van der Waals surface area contributed by atoms with Crippen LogP contribution in [0.25, 0.3) is 0 Å². The predicted molar refractivity (Wildman–Crippen MR) is 67.5 cm³/mol. The molecule has 1 aromatic rings. The lowest BCUT2D eigenvalue weighted by molar-refractivity contribution is -0.141. The first-order valence-corrected chi connectivity index (χ1v) is 6.04. The van der Waals surface area contributed by atoms with Gasteiger partial charge in [0.15, 0.2) is 0 Å². The van der Waals surface area contributed by atoms with Gasteiger partial charge in [0.05, 0.1) is 12.5 Å². The van der Waals surface area contributed by atoms with Crippen LogP contribution < -0.4 is 4.74 Å². The molecule has 0 heterocycles. The molecular formula is C14H18O4. The lowest BCUT2D eigenvalue weighted by Gasteiger charge is -2.10. The van der Waals surface area contributed by atoms with Crippen molar-refractivity contribution in [2.45, 2.75) is 27.2 Å². The number of ether oxygens (including phenoxy) is 2. The van der Waals surface area contributed by atoms with Gasteiger partial charge in [-0.1, -0.05) is 32.9 Å². The van der Waals surface area contributed by atoms with Crippen molar-refractivity contribution in [2.75, 3.05) is 6.61 Å². The summed E-state index contributed by atoms with van der Waals surface area (Å²) in [4.78, 5) is 23.2. The van der Waals surface area contributed by atoms with E-state index in [2.05, 4.69) is 0 Å². The van der Waals surface area contributed by atoms with E-state index >= 15 is 0 Å². The fourth-order valence-electron chi connectivity index (χ4n) is 1.24. The summed E-state index contributed by atoms with van der Waals surface area (Å²) < 4.78 is 10.2. The average Bonchev–Trinajstić information content (AvgIpc) is 2.36. The third-order valence-corrected chi connectivity index (χ3v) is 2.23. The van der Waals surface area contributed by atoms with Gasteiger partial charge in [0.1, 0.15) is 11.3 Å². The molecule has 0 N–H and O–H groups in total. The lowest BCUT2D eigenvalue weighted by atomic mass is 10.2. The van der Waals surface area contributed by atoms with Crippen LogP contribution in [0.15, 0.2) is 24.3 Å². The Labute approximate surface area is 107 Å². The van der Waals surface area contributed by atoms with E-state index in [1.807, 2.05) is 6.92 Å². The van der Waals surface area contributed by atoms with E-state index in [-0.39, 0.29) is 11.5 Å². The molecule has 1 rings (SSSR count). The van der Waals surface area contributed by atoms with Gasteiger partial charge in [-0.3, -0.25) is 4.79 Å². The van der Waals surface area contributed by atoms with Gasteiger partial charge in [-0.05, 0) is 18.6 Å². The van der Waals surface area contributed by atoms with Crippen LogP contribution in [0.1, 0.15) is 37.6 Å². The third kappa shape index (κ3) is 3.87. The molecule has 0 aromatic heterocycles. The lowest BCUT2D eigenvalue weighted by Crippen LogP contribution is -2.18. The molecule has 0 amide bonds. The van der Waals surface area contributed by atoms with Gasteiger partial charge in [-0.2, -0.15) is 0 Å². The highest BCUT2D eigenvalue weighted by Crippen LogP contribution is 2.19. The number of benzene rings is 1. The second-order valence-corrected chi connectivity index (χ2v) is 4.21. The molecule has 0 saturated heterocycles. The van der Waals surface area contributed by atoms with Crippen LogP contribution in [-0.2, 0) is 9.53 Å². The molecule has 0 unspecified atom stereocenters. The van der Waals surface area contributed by atoms with Crippen LogP contribution in [0.2, 0.25) is 0 Å². The Balaban J connectivity index is 2.81. The summed E-state index contributed by atoms with van der Waals surface area (Å²) in [5.74, 6) is -1.09. The van der Waals surface area contributed by atoms with Crippen LogP contribution in [0, 0.1) is 5.92 Å². The maximum Gasteiger partial charge on any atom is 0.349 e. The average molecular weight is 250 g/mol. The maximum atomic E-state index is 11.8. The molecule has 0 aliphatic rings. The summed E-state index contributed by atoms with van der Waals surface area (Å²) >= 11 is 0. The van der Waals surface area contributed by atoms with Gasteiger partial charge in [0, 0.05) is 0 Å².